The molecule has 1 atom stereocenters. The largest absolute Gasteiger partial charge is 0.389 e. The Bertz CT molecular complexity index is 1110. The molecule has 1 saturated carbocycles. The maximum atomic E-state index is 13.1. The number of hydrogen-bond donors (Lipinski definition) is 1. The number of carbonyl (C=O) groups is 1. The highest BCUT2D eigenvalue weighted by Gasteiger charge is 2.36. The lowest BCUT2D eigenvalue weighted by Gasteiger charge is -2.10. The first-order chi connectivity index (χ1) is 16.5. The summed E-state index contributed by atoms with van der Waals surface area (Å²) in [5, 5.41) is 6.92. The summed E-state index contributed by atoms with van der Waals surface area (Å²) < 4.78 is 40.7. The lowest BCUT2D eigenvalue weighted by Crippen LogP contribution is -2.25. The van der Waals surface area contributed by atoms with Gasteiger partial charge in [-0.15, -0.1) is 0 Å². The number of thiazole rings is 1. The fraction of sp³-hybridized carbons (Fsp3) is 0.500. The highest BCUT2D eigenvalue weighted by molar-refractivity contribution is 7.92. The molecule has 1 N–H and O–H groups in total. The molecule has 4 rings (SSSR count). The van der Waals surface area contributed by atoms with Crippen LogP contribution < -0.4 is 5.32 Å². The Kier molecular flexibility index (Phi) is 8.27. The molecule has 2 heterocycles. The molecule has 1 saturated heterocycles. The van der Waals surface area contributed by atoms with Gasteiger partial charge in [0.05, 0.1) is 48.1 Å². The fourth-order valence-corrected chi connectivity index (χ4v) is 5.63. The van der Waals surface area contributed by atoms with Gasteiger partial charge in [0.2, 0.25) is 0 Å². The zero-order chi connectivity index (χ0) is 24.0. The summed E-state index contributed by atoms with van der Waals surface area (Å²) in [5.74, 6) is -0.516. The van der Waals surface area contributed by atoms with E-state index >= 15 is 0 Å². The molecule has 1 amide bonds. The maximum Gasteiger partial charge on any atom is 0.280 e. The zero-order valence-corrected chi connectivity index (χ0v) is 20.4. The van der Waals surface area contributed by atoms with Gasteiger partial charge in [-0.2, -0.15) is 0 Å². The molecule has 1 aliphatic carbocycles. The number of anilines is 1. The van der Waals surface area contributed by atoms with Crippen molar-refractivity contribution in [3.05, 3.63) is 40.9 Å². The highest BCUT2D eigenvalue weighted by atomic mass is 32.2. The van der Waals surface area contributed by atoms with Crippen LogP contribution in [0.25, 0.3) is 0 Å². The Hall–Kier alpha value is -2.38. The van der Waals surface area contributed by atoms with Gasteiger partial charge < -0.3 is 19.0 Å². The minimum Gasteiger partial charge on any atom is -0.389 e. The van der Waals surface area contributed by atoms with Crippen LogP contribution >= 0.6 is 11.3 Å². The van der Waals surface area contributed by atoms with Crippen molar-refractivity contribution in [3.63, 3.8) is 0 Å². The maximum absolute atomic E-state index is 13.1. The van der Waals surface area contributed by atoms with Crippen molar-refractivity contribution in [1.82, 2.24) is 4.98 Å². The molecule has 2 aliphatic rings. The molecular weight excluding hydrogens is 482 g/mol. The Labute approximate surface area is 202 Å². The number of aromatic nitrogens is 1. The van der Waals surface area contributed by atoms with E-state index < -0.39 is 15.7 Å². The van der Waals surface area contributed by atoms with Crippen LogP contribution in [0.5, 0.6) is 0 Å². The third-order valence-corrected chi connectivity index (χ3v) is 8.43. The molecule has 0 unspecified atom stereocenters. The molecule has 12 heteroatoms. The number of methoxy groups -OCH3 is 1. The van der Waals surface area contributed by atoms with Crippen LogP contribution in [0.15, 0.2) is 40.5 Å². The van der Waals surface area contributed by atoms with Crippen molar-refractivity contribution in [2.24, 2.45) is 5.16 Å². The van der Waals surface area contributed by atoms with Gasteiger partial charge in [-0.25, -0.2) is 13.4 Å². The molecule has 0 bridgehead atoms. The van der Waals surface area contributed by atoms with Gasteiger partial charge in [0.1, 0.15) is 0 Å². The summed E-state index contributed by atoms with van der Waals surface area (Å²) in [6, 6.07) is 6.14. The summed E-state index contributed by atoms with van der Waals surface area (Å²) in [4.78, 5) is 23.9. The van der Waals surface area contributed by atoms with E-state index in [4.69, 9.17) is 19.0 Å². The highest BCUT2D eigenvalue weighted by Crippen LogP contribution is 2.33. The van der Waals surface area contributed by atoms with Crippen LogP contribution in [0.2, 0.25) is 0 Å². The van der Waals surface area contributed by atoms with Crippen LogP contribution in [-0.4, -0.2) is 69.9 Å². The molecule has 184 valence electrons. The second-order valence-corrected chi connectivity index (χ2v) is 11.3. The second kappa shape index (κ2) is 11.4. The molecule has 1 aromatic heterocycles. The van der Waals surface area contributed by atoms with Gasteiger partial charge in [-0.05, 0) is 25.0 Å². The monoisotopic (exact) mass is 509 g/mol. The number of nitrogens with zero attached hydrogens (tertiary/aromatic N) is 2. The van der Waals surface area contributed by atoms with Gasteiger partial charge in [-0.3, -0.25) is 10.1 Å². The van der Waals surface area contributed by atoms with Crippen molar-refractivity contribution in [3.8, 4) is 0 Å². The molecule has 1 aromatic carbocycles. The van der Waals surface area contributed by atoms with Gasteiger partial charge in [-0.1, -0.05) is 28.6 Å². The van der Waals surface area contributed by atoms with Gasteiger partial charge in [0.25, 0.3) is 5.91 Å². The van der Waals surface area contributed by atoms with E-state index in [0.29, 0.717) is 63.0 Å². The van der Waals surface area contributed by atoms with Crippen LogP contribution in [0, 0.1) is 0 Å². The number of sulfone groups is 1. The summed E-state index contributed by atoms with van der Waals surface area (Å²) in [5.41, 5.74) is 0.459. The Morgan fingerprint density at radius 2 is 2.03 bits per heavy atom. The molecule has 0 spiro atoms. The standard InChI is InChI=1S/C22H27N3O7S2/c1-29-10-11-31-14-17-12-23-22(33-17)24-21(26)20(25-32-16-8-9-30-13-16)15-2-4-18(5-3-15)34(27,28)19-6-7-19/h2-5,12,16,19H,6-11,13-14H2,1H3,(H,23,24,26)/t16-/m1/s1. The van der Waals surface area contributed by atoms with E-state index in [0.717, 1.165) is 4.88 Å². The van der Waals surface area contributed by atoms with Crippen molar-refractivity contribution in [2.45, 2.75) is 42.1 Å². The number of amides is 1. The molecule has 1 aliphatic heterocycles. The summed E-state index contributed by atoms with van der Waals surface area (Å²) >= 11 is 1.29. The van der Waals surface area contributed by atoms with Crippen molar-refractivity contribution < 1.29 is 32.3 Å². The predicted octanol–water partition coefficient (Wildman–Crippen LogP) is 2.39. The van der Waals surface area contributed by atoms with Crippen LogP contribution in [0.1, 0.15) is 29.7 Å². The summed E-state index contributed by atoms with van der Waals surface area (Å²) in [6.45, 7) is 2.29. The van der Waals surface area contributed by atoms with Crippen molar-refractivity contribution in [1.29, 1.82) is 0 Å². The van der Waals surface area contributed by atoms with E-state index in [1.165, 1.54) is 23.5 Å². The normalized spacial score (nSPS) is 18.7. The number of rotatable bonds is 12. The second-order valence-electron chi connectivity index (χ2n) is 7.93. The van der Waals surface area contributed by atoms with Crippen molar-refractivity contribution >= 4 is 37.9 Å². The molecule has 2 fully saturated rings. The van der Waals surface area contributed by atoms with Crippen LogP contribution in [0.4, 0.5) is 5.13 Å². The third-order valence-electron chi connectivity index (χ3n) is 5.27. The number of nitrogens with one attached hydrogen (secondary N) is 1. The zero-order valence-electron chi connectivity index (χ0n) is 18.8. The van der Waals surface area contributed by atoms with Crippen LogP contribution in [-0.2, 0) is 40.3 Å². The Morgan fingerprint density at radius 3 is 2.71 bits per heavy atom. The van der Waals surface area contributed by atoms with E-state index in [1.807, 2.05) is 0 Å². The Morgan fingerprint density at radius 1 is 1.24 bits per heavy atom. The quantitative estimate of drug-likeness (QED) is 0.263. The first kappa shape index (κ1) is 24.7. The van der Waals surface area contributed by atoms with E-state index in [1.54, 1.807) is 25.4 Å². The molecule has 34 heavy (non-hydrogen) atoms. The first-order valence-corrected chi connectivity index (χ1v) is 13.3. The smallest absolute Gasteiger partial charge is 0.280 e. The van der Waals surface area contributed by atoms with E-state index in [2.05, 4.69) is 15.5 Å². The molecular formula is C22H27N3O7S2. The fourth-order valence-electron chi connectivity index (χ4n) is 3.23. The predicted molar refractivity (Wildman–Crippen MR) is 126 cm³/mol. The van der Waals surface area contributed by atoms with Crippen LogP contribution in [0.3, 0.4) is 0 Å². The number of benzene rings is 1. The van der Waals surface area contributed by atoms with Gasteiger partial charge >= 0.3 is 0 Å². The Balaban J connectivity index is 1.47. The number of carbonyl (C=O) groups excluding carboxylic acids is 1. The van der Waals surface area contributed by atoms with Gasteiger partial charge in [0, 0.05) is 25.3 Å². The van der Waals surface area contributed by atoms with Crippen molar-refractivity contribution in [2.75, 3.05) is 38.9 Å². The lowest BCUT2D eigenvalue weighted by atomic mass is 10.1. The lowest BCUT2D eigenvalue weighted by molar-refractivity contribution is -0.110. The minimum absolute atomic E-state index is 0.0235. The first-order valence-electron chi connectivity index (χ1n) is 11.0. The molecule has 2 aromatic rings. The summed E-state index contributed by atoms with van der Waals surface area (Å²) in [7, 11) is -1.72. The average Bonchev–Trinajstić information content (AvgIpc) is 3.41. The molecule has 10 nitrogen and oxygen atoms in total. The summed E-state index contributed by atoms with van der Waals surface area (Å²) in [6.07, 6.45) is 3.44. The molecule has 0 radical (unpaired) electrons. The van der Waals surface area contributed by atoms with E-state index in [9.17, 15) is 13.2 Å². The topological polar surface area (TPSA) is 125 Å². The number of ether oxygens (including phenoxy) is 3. The van der Waals surface area contributed by atoms with E-state index in [-0.39, 0.29) is 22.0 Å². The average molecular weight is 510 g/mol. The SMILES string of the molecule is COCCOCc1cnc(NC(=O)C(=NO[C@@H]2CCOC2)c2ccc(S(=O)(=O)C3CC3)cc2)s1. The minimum atomic E-state index is -3.33. The number of oxime groups is 1. The number of hydrogen-bond acceptors (Lipinski definition) is 10. The third kappa shape index (κ3) is 6.39. The van der Waals surface area contributed by atoms with Gasteiger partial charge in [0.15, 0.2) is 26.8 Å².